The Balaban J connectivity index is 1.41. The highest BCUT2D eigenvalue weighted by Crippen LogP contribution is 2.18. The van der Waals surface area contributed by atoms with E-state index in [1.54, 1.807) is 25.4 Å². The number of rotatable bonds is 12. The van der Waals surface area contributed by atoms with Crippen LogP contribution in [0.4, 0.5) is 0 Å². The molecule has 2 amide bonds. The maximum Gasteiger partial charge on any atom is 0.258 e. The number of hydrogen-bond acceptors (Lipinski definition) is 6. The van der Waals surface area contributed by atoms with Gasteiger partial charge in [0.1, 0.15) is 17.9 Å². The van der Waals surface area contributed by atoms with Gasteiger partial charge in [-0.25, -0.2) is 4.98 Å². The van der Waals surface area contributed by atoms with Gasteiger partial charge < -0.3 is 24.8 Å². The van der Waals surface area contributed by atoms with Crippen molar-refractivity contribution < 1.29 is 23.8 Å². The lowest BCUT2D eigenvalue weighted by Gasteiger charge is -2.11. The van der Waals surface area contributed by atoms with Gasteiger partial charge in [-0.3, -0.25) is 9.59 Å². The summed E-state index contributed by atoms with van der Waals surface area (Å²) in [5, 5.41) is 5.76. The van der Waals surface area contributed by atoms with Crippen molar-refractivity contribution in [2.24, 2.45) is 0 Å². The highest BCUT2D eigenvalue weighted by atomic mass is 16.5. The highest BCUT2D eigenvalue weighted by Gasteiger charge is 2.23. The van der Waals surface area contributed by atoms with Gasteiger partial charge in [-0.05, 0) is 49.1 Å². The summed E-state index contributed by atoms with van der Waals surface area (Å²) in [6.07, 6.45) is 4.35. The van der Waals surface area contributed by atoms with E-state index in [2.05, 4.69) is 15.6 Å². The van der Waals surface area contributed by atoms with E-state index in [0.29, 0.717) is 49.4 Å². The number of nitrogens with zero attached hydrogens (tertiary/aromatic N) is 1. The van der Waals surface area contributed by atoms with E-state index in [4.69, 9.17) is 14.2 Å². The maximum absolute atomic E-state index is 12.5. The minimum atomic E-state index is -0.239. The zero-order valence-electron chi connectivity index (χ0n) is 17.1. The molecular weight excluding hydrogens is 386 g/mol. The first-order valence-corrected chi connectivity index (χ1v) is 10.0. The summed E-state index contributed by atoms with van der Waals surface area (Å²) >= 11 is 0. The normalized spacial score (nSPS) is 12.8. The predicted octanol–water partition coefficient (Wildman–Crippen LogP) is 1.74. The van der Waals surface area contributed by atoms with Crippen molar-refractivity contribution in [3.05, 3.63) is 53.7 Å². The van der Waals surface area contributed by atoms with E-state index < -0.39 is 0 Å². The van der Waals surface area contributed by atoms with Gasteiger partial charge in [-0.2, -0.15) is 0 Å². The van der Waals surface area contributed by atoms with Crippen molar-refractivity contribution in [2.45, 2.75) is 25.3 Å². The Labute approximate surface area is 175 Å². The highest BCUT2D eigenvalue weighted by molar-refractivity contribution is 5.96. The summed E-state index contributed by atoms with van der Waals surface area (Å²) in [6.45, 7) is 1.23. The average Bonchev–Trinajstić information content (AvgIpc) is 3.57. The van der Waals surface area contributed by atoms with Crippen LogP contribution in [0.3, 0.4) is 0 Å². The zero-order valence-corrected chi connectivity index (χ0v) is 17.1. The molecule has 8 nitrogen and oxygen atoms in total. The molecule has 1 aliphatic carbocycles. The second-order valence-electron chi connectivity index (χ2n) is 6.98. The van der Waals surface area contributed by atoms with Gasteiger partial charge in [0, 0.05) is 25.9 Å². The molecule has 30 heavy (non-hydrogen) atoms. The first kappa shape index (κ1) is 21.6. The van der Waals surface area contributed by atoms with Crippen molar-refractivity contribution in [3.63, 3.8) is 0 Å². The summed E-state index contributed by atoms with van der Waals surface area (Å²) < 4.78 is 15.9. The molecule has 0 spiro atoms. The molecule has 1 saturated carbocycles. The van der Waals surface area contributed by atoms with Gasteiger partial charge in [0.2, 0.25) is 5.88 Å². The van der Waals surface area contributed by atoms with Crippen molar-refractivity contribution in [2.75, 3.05) is 33.5 Å². The smallest absolute Gasteiger partial charge is 0.258 e. The molecule has 0 aliphatic heterocycles. The number of nitrogens with one attached hydrogen (secondary N) is 2. The molecular formula is C22H27N3O5. The first-order chi connectivity index (χ1) is 14.7. The van der Waals surface area contributed by atoms with E-state index in [9.17, 15) is 9.59 Å². The fraction of sp³-hybridized carbons (Fsp3) is 0.409. The molecule has 1 aromatic heterocycles. The number of ether oxygens (including phenoxy) is 3. The molecule has 0 unspecified atom stereocenters. The van der Waals surface area contributed by atoms with Crippen LogP contribution in [0.25, 0.3) is 0 Å². The lowest BCUT2D eigenvalue weighted by molar-refractivity contribution is -0.123. The molecule has 1 fully saturated rings. The number of carbonyl (C=O) groups is 2. The number of aromatic nitrogens is 1. The lowest BCUT2D eigenvalue weighted by Crippen LogP contribution is -2.30. The Kier molecular flexibility index (Phi) is 8.02. The van der Waals surface area contributed by atoms with Crippen molar-refractivity contribution >= 4 is 11.8 Å². The standard InChI is InChI=1S/C22H27N3O5/c1-28-13-14-29-22-19(3-2-11-24-22)21(27)23-12-10-16-4-8-18(9-5-16)30-15-20(26)25-17-6-7-17/h2-5,8-9,11,17H,6-7,10,12-15H2,1H3,(H,23,27)(H,25,26). The number of benzene rings is 1. The molecule has 1 heterocycles. The quantitative estimate of drug-likeness (QED) is 0.514. The number of pyridine rings is 1. The van der Waals surface area contributed by atoms with Gasteiger partial charge in [-0.1, -0.05) is 12.1 Å². The largest absolute Gasteiger partial charge is 0.484 e. The lowest BCUT2D eigenvalue weighted by atomic mass is 10.1. The van der Waals surface area contributed by atoms with Crippen molar-refractivity contribution in [1.29, 1.82) is 0 Å². The first-order valence-electron chi connectivity index (χ1n) is 10.0. The van der Waals surface area contributed by atoms with Gasteiger partial charge in [-0.15, -0.1) is 0 Å². The molecule has 2 N–H and O–H groups in total. The topological polar surface area (TPSA) is 98.8 Å². The van der Waals surface area contributed by atoms with E-state index in [1.165, 1.54) is 0 Å². The molecule has 1 aliphatic rings. The zero-order chi connectivity index (χ0) is 21.2. The van der Waals surface area contributed by atoms with Gasteiger partial charge in [0.05, 0.1) is 6.61 Å². The Morgan fingerprint density at radius 2 is 1.90 bits per heavy atom. The summed E-state index contributed by atoms with van der Waals surface area (Å²) in [7, 11) is 1.58. The minimum Gasteiger partial charge on any atom is -0.484 e. The molecule has 0 radical (unpaired) electrons. The van der Waals surface area contributed by atoms with Crippen LogP contribution in [0.1, 0.15) is 28.8 Å². The number of hydrogen-bond donors (Lipinski definition) is 2. The molecule has 0 bridgehead atoms. The fourth-order valence-corrected chi connectivity index (χ4v) is 2.71. The fourth-order valence-electron chi connectivity index (χ4n) is 2.71. The van der Waals surface area contributed by atoms with Crippen molar-refractivity contribution in [1.82, 2.24) is 15.6 Å². The molecule has 0 atom stereocenters. The van der Waals surface area contributed by atoms with Crippen LogP contribution >= 0.6 is 0 Å². The third kappa shape index (κ3) is 7.04. The van der Waals surface area contributed by atoms with Crippen LogP contribution in [0.2, 0.25) is 0 Å². The number of amides is 2. The van der Waals surface area contributed by atoms with Crippen LogP contribution in [-0.4, -0.2) is 56.3 Å². The van der Waals surface area contributed by atoms with Crippen LogP contribution in [0.5, 0.6) is 11.6 Å². The molecule has 160 valence electrons. The number of methoxy groups -OCH3 is 1. The molecule has 3 rings (SSSR count). The van der Waals surface area contributed by atoms with Gasteiger partial charge in [0.25, 0.3) is 11.8 Å². The summed E-state index contributed by atoms with van der Waals surface area (Å²) in [6, 6.07) is 11.2. The Morgan fingerprint density at radius 3 is 2.63 bits per heavy atom. The Bertz CT molecular complexity index is 837. The molecule has 8 heteroatoms. The van der Waals surface area contributed by atoms with Crippen LogP contribution in [0.15, 0.2) is 42.6 Å². The summed E-state index contributed by atoms with van der Waals surface area (Å²) in [5.74, 6) is 0.601. The minimum absolute atomic E-state index is 0.0196. The predicted molar refractivity (Wildman–Crippen MR) is 111 cm³/mol. The van der Waals surface area contributed by atoms with E-state index in [1.807, 2.05) is 24.3 Å². The summed E-state index contributed by atoms with van der Waals surface area (Å²) in [5.41, 5.74) is 1.44. The third-order valence-electron chi connectivity index (χ3n) is 4.48. The van der Waals surface area contributed by atoms with Crippen LogP contribution < -0.4 is 20.1 Å². The molecule has 0 saturated heterocycles. The second-order valence-corrected chi connectivity index (χ2v) is 6.98. The SMILES string of the molecule is COCCOc1ncccc1C(=O)NCCc1ccc(OCC(=O)NC2CC2)cc1. The monoisotopic (exact) mass is 413 g/mol. The number of carbonyl (C=O) groups excluding carboxylic acids is 2. The Hall–Kier alpha value is -3.13. The van der Waals surface area contributed by atoms with Gasteiger partial charge >= 0.3 is 0 Å². The van der Waals surface area contributed by atoms with E-state index >= 15 is 0 Å². The summed E-state index contributed by atoms with van der Waals surface area (Å²) in [4.78, 5) is 28.2. The molecule has 1 aromatic carbocycles. The Morgan fingerprint density at radius 1 is 1.10 bits per heavy atom. The third-order valence-corrected chi connectivity index (χ3v) is 4.48. The van der Waals surface area contributed by atoms with E-state index in [-0.39, 0.29) is 18.4 Å². The maximum atomic E-state index is 12.5. The van der Waals surface area contributed by atoms with Crippen molar-refractivity contribution in [3.8, 4) is 11.6 Å². The molecule has 2 aromatic rings. The van der Waals surface area contributed by atoms with Crippen LogP contribution in [-0.2, 0) is 16.0 Å². The van der Waals surface area contributed by atoms with Crippen LogP contribution in [0, 0.1) is 0 Å². The second kappa shape index (κ2) is 11.2. The van der Waals surface area contributed by atoms with Gasteiger partial charge in [0.15, 0.2) is 6.61 Å². The average molecular weight is 413 g/mol. The van der Waals surface area contributed by atoms with E-state index in [0.717, 1.165) is 18.4 Å².